The predicted molar refractivity (Wildman–Crippen MR) is 76.9 cm³/mol. The molecule has 1 unspecified atom stereocenters. The number of sulfonamides is 1. The largest absolute Gasteiger partial charge is 0.295 e. The number of amides is 2. The van der Waals surface area contributed by atoms with Crippen LogP contribution in [0.1, 0.15) is 31.7 Å². The molecule has 0 aromatic heterocycles. The molecule has 0 spiro atoms. The second kappa shape index (κ2) is 6.36. The molecule has 2 N–H and O–H groups in total. The number of piperidine rings is 1. The predicted octanol–water partition coefficient (Wildman–Crippen LogP) is 0.723. The summed E-state index contributed by atoms with van der Waals surface area (Å²) in [6.45, 7) is 2.05. The van der Waals surface area contributed by atoms with E-state index in [1.54, 1.807) is 12.1 Å². The molecule has 1 heterocycles. The van der Waals surface area contributed by atoms with Gasteiger partial charge in [-0.15, -0.1) is 0 Å². The first-order valence-corrected chi connectivity index (χ1v) is 8.35. The van der Waals surface area contributed by atoms with Gasteiger partial charge in [-0.1, -0.05) is 25.5 Å². The fourth-order valence-electron chi connectivity index (χ4n) is 2.19. The second-order valence-electron chi connectivity index (χ2n) is 5.02. The lowest BCUT2D eigenvalue weighted by molar-refractivity contribution is -0.134. The van der Waals surface area contributed by atoms with Gasteiger partial charge in [-0.2, -0.15) is 4.72 Å². The van der Waals surface area contributed by atoms with E-state index in [-0.39, 0.29) is 23.6 Å². The molecule has 0 aliphatic carbocycles. The molecule has 2 amide bonds. The highest BCUT2D eigenvalue weighted by Gasteiger charge is 2.30. The topological polar surface area (TPSA) is 92.3 Å². The zero-order chi connectivity index (χ0) is 15.5. The number of hydrogen-bond donors (Lipinski definition) is 2. The monoisotopic (exact) mass is 310 g/mol. The smallest absolute Gasteiger partial charge is 0.244 e. The molecule has 1 fully saturated rings. The van der Waals surface area contributed by atoms with E-state index >= 15 is 0 Å². The van der Waals surface area contributed by atoms with Crippen LogP contribution in [0.2, 0.25) is 0 Å². The van der Waals surface area contributed by atoms with Crippen LogP contribution in [0, 0.1) is 0 Å². The highest BCUT2D eigenvalue weighted by Crippen LogP contribution is 2.14. The molecule has 7 heteroatoms. The van der Waals surface area contributed by atoms with Gasteiger partial charge in [0.1, 0.15) is 6.04 Å². The highest BCUT2D eigenvalue weighted by atomic mass is 32.2. The van der Waals surface area contributed by atoms with Gasteiger partial charge in [-0.3, -0.25) is 14.9 Å². The van der Waals surface area contributed by atoms with Gasteiger partial charge in [-0.25, -0.2) is 8.42 Å². The summed E-state index contributed by atoms with van der Waals surface area (Å²) in [6.07, 6.45) is 2.19. The maximum absolute atomic E-state index is 12.2. The molecule has 1 aliphatic heterocycles. The molecule has 0 radical (unpaired) electrons. The van der Waals surface area contributed by atoms with Crippen LogP contribution in [0.15, 0.2) is 29.2 Å². The van der Waals surface area contributed by atoms with Crippen molar-refractivity contribution < 1.29 is 18.0 Å². The molecule has 2 rings (SSSR count). The summed E-state index contributed by atoms with van der Waals surface area (Å²) >= 11 is 0. The highest BCUT2D eigenvalue weighted by molar-refractivity contribution is 7.89. The Morgan fingerprint density at radius 1 is 1.24 bits per heavy atom. The number of hydrogen-bond acceptors (Lipinski definition) is 4. The van der Waals surface area contributed by atoms with Crippen molar-refractivity contribution >= 4 is 21.8 Å². The van der Waals surface area contributed by atoms with E-state index < -0.39 is 22.0 Å². The van der Waals surface area contributed by atoms with Crippen LogP contribution in [-0.2, 0) is 26.0 Å². The maximum atomic E-state index is 12.2. The molecule has 0 bridgehead atoms. The lowest BCUT2D eigenvalue weighted by Gasteiger charge is -2.21. The standard InChI is InChI=1S/C14H18N2O4S/c1-2-3-10-4-6-11(7-5-10)21(19,20)16-12-8-9-13(17)15-14(12)18/h4-7,12,16H,2-3,8-9H2,1H3,(H,15,17,18). The van der Waals surface area contributed by atoms with E-state index in [1.165, 1.54) is 12.1 Å². The van der Waals surface area contributed by atoms with Gasteiger partial charge in [0.05, 0.1) is 4.90 Å². The van der Waals surface area contributed by atoms with Crippen LogP contribution in [0.5, 0.6) is 0 Å². The first kappa shape index (κ1) is 15.7. The van der Waals surface area contributed by atoms with Crippen molar-refractivity contribution in [3.63, 3.8) is 0 Å². The summed E-state index contributed by atoms with van der Waals surface area (Å²) in [5.74, 6) is -0.975. The summed E-state index contributed by atoms with van der Waals surface area (Å²) in [7, 11) is -3.76. The van der Waals surface area contributed by atoms with Crippen LogP contribution in [0.4, 0.5) is 0 Å². The Labute approximate surface area is 124 Å². The molecule has 1 atom stereocenters. The number of carbonyl (C=O) groups is 2. The molecule has 21 heavy (non-hydrogen) atoms. The lowest BCUT2D eigenvalue weighted by Crippen LogP contribution is -2.52. The van der Waals surface area contributed by atoms with Crippen molar-refractivity contribution in [2.24, 2.45) is 0 Å². The number of rotatable bonds is 5. The third-order valence-corrected chi connectivity index (χ3v) is 4.80. The second-order valence-corrected chi connectivity index (χ2v) is 6.73. The molecule has 1 aromatic carbocycles. The van der Waals surface area contributed by atoms with Crippen LogP contribution in [0.25, 0.3) is 0 Å². The Balaban J connectivity index is 2.11. The fourth-order valence-corrected chi connectivity index (χ4v) is 3.42. The van der Waals surface area contributed by atoms with E-state index in [1.807, 2.05) is 0 Å². The first-order chi connectivity index (χ1) is 9.92. The van der Waals surface area contributed by atoms with Crippen molar-refractivity contribution in [3.8, 4) is 0 Å². The normalized spacial score (nSPS) is 19.4. The summed E-state index contributed by atoms with van der Waals surface area (Å²) in [5.41, 5.74) is 1.07. The van der Waals surface area contributed by atoms with Crippen molar-refractivity contribution in [3.05, 3.63) is 29.8 Å². The van der Waals surface area contributed by atoms with Gasteiger partial charge >= 0.3 is 0 Å². The zero-order valence-corrected chi connectivity index (χ0v) is 12.6. The molecule has 1 saturated heterocycles. The van der Waals surface area contributed by atoms with Gasteiger partial charge in [0.25, 0.3) is 0 Å². The van der Waals surface area contributed by atoms with Crippen molar-refractivity contribution in [2.75, 3.05) is 0 Å². The van der Waals surface area contributed by atoms with Gasteiger partial charge in [0, 0.05) is 6.42 Å². The van der Waals surface area contributed by atoms with Gasteiger partial charge < -0.3 is 0 Å². The average Bonchev–Trinajstić information content (AvgIpc) is 2.43. The number of aryl methyl sites for hydroxylation is 1. The summed E-state index contributed by atoms with van der Waals surface area (Å²) in [6, 6.07) is 5.69. The minimum atomic E-state index is -3.76. The van der Waals surface area contributed by atoms with E-state index in [0.717, 1.165) is 18.4 Å². The molecule has 0 saturated carbocycles. The average molecular weight is 310 g/mol. The third kappa shape index (κ3) is 3.89. The van der Waals surface area contributed by atoms with Crippen LogP contribution >= 0.6 is 0 Å². The van der Waals surface area contributed by atoms with Gasteiger partial charge in [0.2, 0.25) is 21.8 Å². The van der Waals surface area contributed by atoms with Crippen molar-refractivity contribution in [2.45, 2.75) is 43.5 Å². The van der Waals surface area contributed by atoms with E-state index in [2.05, 4.69) is 17.0 Å². The SMILES string of the molecule is CCCc1ccc(S(=O)(=O)NC2CCC(=O)NC2=O)cc1. The Hall–Kier alpha value is -1.73. The van der Waals surface area contributed by atoms with Crippen LogP contribution < -0.4 is 10.0 Å². The number of carbonyl (C=O) groups excluding carboxylic acids is 2. The fraction of sp³-hybridized carbons (Fsp3) is 0.429. The van der Waals surface area contributed by atoms with Gasteiger partial charge in [-0.05, 0) is 30.5 Å². The Bertz CT molecular complexity index is 637. The minimum absolute atomic E-state index is 0.118. The Morgan fingerprint density at radius 3 is 2.48 bits per heavy atom. The molecular weight excluding hydrogens is 292 g/mol. The maximum Gasteiger partial charge on any atom is 0.244 e. The zero-order valence-electron chi connectivity index (χ0n) is 11.8. The summed E-state index contributed by atoms with van der Waals surface area (Å²) in [5, 5.41) is 2.12. The van der Waals surface area contributed by atoms with E-state index in [4.69, 9.17) is 0 Å². The molecular formula is C14H18N2O4S. The van der Waals surface area contributed by atoms with Crippen LogP contribution in [0.3, 0.4) is 0 Å². The van der Waals surface area contributed by atoms with Crippen LogP contribution in [-0.4, -0.2) is 26.3 Å². The van der Waals surface area contributed by atoms with E-state index in [0.29, 0.717) is 0 Å². The van der Waals surface area contributed by atoms with Crippen molar-refractivity contribution in [1.82, 2.24) is 10.0 Å². The van der Waals surface area contributed by atoms with E-state index in [9.17, 15) is 18.0 Å². The quantitative estimate of drug-likeness (QED) is 0.784. The summed E-state index contributed by atoms with van der Waals surface area (Å²) in [4.78, 5) is 22.8. The third-order valence-electron chi connectivity index (χ3n) is 3.31. The summed E-state index contributed by atoms with van der Waals surface area (Å²) < 4.78 is 26.8. The molecule has 114 valence electrons. The Morgan fingerprint density at radius 2 is 1.90 bits per heavy atom. The number of benzene rings is 1. The molecule has 1 aromatic rings. The van der Waals surface area contributed by atoms with Gasteiger partial charge in [0.15, 0.2) is 0 Å². The van der Waals surface area contributed by atoms with Crippen molar-refractivity contribution in [1.29, 1.82) is 0 Å². The Kier molecular flexibility index (Phi) is 4.74. The first-order valence-electron chi connectivity index (χ1n) is 6.87. The minimum Gasteiger partial charge on any atom is -0.295 e. The number of nitrogens with one attached hydrogen (secondary N) is 2. The number of imide groups is 1. The molecule has 6 nitrogen and oxygen atoms in total. The lowest BCUT2D eigenvalue weighted by atomic mass is 10.1. The molecule has 1 aliphatic rings.